The molecule has 4 aromatic rings. The number of nitrogens with one attached hydrogen (secondary N) is 2. The van der Waals surface area contributed by atoms with E-state index in [9.17, 15) is 4.79 Å². The van der Waals surface area contributed by atoms with E-state index in [1.807, 2.05) is 69.3 Å². The van der Waals surface area contributed by atoms with Gasteiger partial charge in [0.1, 0.15) is 5.82 Å². The SMILES string of the molecule is CNc1c(C2(c3ccc(N(C)C)cc3)OC(=O)c3ccccc32)c2ccccc2n1NC. The van der Waals surface area contributed by atoms with E-state index in [0.29, 0.717) is 5.56 Å². The van der Waals surface area contributed by atoms with Gasteiger partial charge in [0.2, 0.25) is 0 Å². The van der Waals surface area contributed by atoms with E-state index in [-0.39, 0.29) is 5.97 Å². The Balaban J connectivity index is 1.92. The smallest absolute Gasteiger partial charge is 0.340 e. The molecular formula is C26H26N4O2. The second kappa shape index (κ2) is 7.34. The maximum atomic E-state index is 13.1. The van der Waals surface area contributed by atoms with E-state index in [1.165, 1.54) is 0 Å². The molecule has 1 aliphatic rings. The molecule has 0 amide bonds. The van der Waals surface area contributed by atoms with E-state index in [4.69, 9.17) is 4.74 Å². The summed E-state index contributed by atoms with van der Waals surface area (Å²) in [5.41, 5.74) is 7.50. The molecule has 6 heteroatoms. The molecule has 0 radical (unpaired) electrons. The predicted molar refractivity (Wildman–Crippen MR) is 129 cm³/mol. The van der Waals surface area contributed by atoms with E-state index in [1.54, 1.807) is 0 Å². The minimum Gasteiger partial charge on any atom is -0.440 e. The first-order chi connectivity index (χ1) is 15.5. The first kappa shape index (κ1) is 20.0. The van der Waals surface area contributed by atoms with E-state index < -0.39 is 5.60 Å². The molecule has 3 aromatic carbocycles. The summed E-state index contributed by atoms with van der Waals surface area (Å²) in [5, 5.41) is 4.36. The fourth-order valence-electron chi connectivity index (χ4n) is 4.82. The second-order valence-corrected chi connectivity index (χ2v) is 8.11. The molecule has 0 spiro atoms. The Morgan fingerprint density at radius 3 is 2.28 bits per heavy atom. The maximum absolute atomic E-state index is 13.1. The number of rotatable bonds is 5. The van der Waals surface area contributed by atoms with Gasteiger partial charge in [0.15, 0.2) is 5.60 Å². The lowest BCUT2D eigenvalue weighted by atomic mass is 9.79. The Bertz CT molecular complexity index is 1320. The summed E-state index contributed by atoms with van der Waals surface area (Å²) in [4.78, 5) is 15.2. The van der Waals surface area contributed by atoms with Crippen LogP contribution in [0.2, 0.25) is 0 Å². The standard InChI is InChI=1S/C26H26N4O2/c1-27-24-23(20-10-6-8-12-22(20)30(24)28-2)26(17-13-15-18(16-14-17)29(3)4)21-11-7-5-9-19(21)25(31)32-26/h5-16,27-28H,1-4H3. The molecule has 0 aliphatic carbocycles. The van der Waals surface area contributed by atoms with Crippen LogP contribution in [0.25, 0.3) is 10.9 Å². The van der Waals surface area contributed by atoms with Gasteiger partial charge in [-0.1, -0.05) is 48.5 Å². The highest BCUT2D eigenvalue weighted by atomic mass is 16.6. The summed E-state index contributed by atoms with van der Waals surface area (Å²) in [6.45, 7) is 0. The molecule has 1 aliphatic heterocycles. The fourth-order valence-corrected chi connectivity index (χ4v) is 4.82. The summed E-state index contributed by atoms with van der Waals surface area (Å²) < 4.78 is 8.36. The zero-order valence-corrected chi connectivity index (χ0v) is 18.6. The number of carbonyl (C=O) groups excluding carboxylic acids is 1. The van der Waals surface area contributed by atoms with Gasteiger partial charge in [0.25, 0.3) is 0 Å². The molecular weight excluding hydrogens is 400 g/mol. The van der Waals surface area contributed by atoms with Crippen molar-refractivity contribution in [1.29, 1.82) is 0 Å². The number of fused-ring (bicyclic) bond motifs is 2. The summed E-state index contributed by atoms with van der Waals surface area (Å²) in [7, 11) is 7.78. The lowest BCUT2D eigenvalue weighted by Gasteiger charge is -2.31. The third-order valence-corrected chi connectivity index (χ3v) is 6.25. The number of benzene rings is 3. The van der Waals surface area contributed by atoms with Gasteiger partial charge in [-0.2, -0.15) is 0 Å². The molecule has 1 unspecified atom stereocenters. The van der Waals surface area contributed by atoms with Crippen LogP contribution in [-0.2, 0) is 10.3 Å². The highest BCUT2D eigenvalue weighted by molar-refractivity contribution is 6.00. The van der Waals surface area contributed by atoms with Crippen molar-refractivity contribution < 1.29 is 9.53 Å². The van der Waals surface area contributed by atoms with Crippen LogP contribution in [0.15, 0.2) is 72.8 Å². The van der Waals surface area contributed by atoms with E-state index >= 15 is 0 Å². The van der Waals surface area contributed by atoms with Crippen molar-refractivity contribution in [2.75, 3.05) is 43.8 Å². The van der Waals surface area contributed by atoms with Crippen LogP contribution >= 0.6 is 0 Å². The van der Waals surface area contributed by atoms with Crippen LogP contribution in [0.1, 0.15) is 27.0 Å². The van der Waals surface area contributed by atoms with Crippen LogP contribution in [0.5, 0.6) is 0 Å². The molecule has 2 heterocycles. The molecule has 0 bridgehead atoms. The lowest BCUT2D eigenvalue weighted by molar-refractivity contribution is 0.0257. The van der Waals surface area contributed by atoms with Gasteiger partial charge in [0, 0.05) is 50.4 Å². The van der Waals surface area contributed by atoms with Gasteiger partial charge < -0.3 is 20.4 Å². The van der Waals surface area contributed by atoms with Gasteiger partial charge in [-0.25, -0.2) is 9.47 Å². The van der Waals surface area contributed by atoms with Crippen molar-refractivity contribution in [3.8, 4) is 0 Å². The molecule has 1 aromatic heterocycles. The molecule has 0 fully saturated rings. The molecule has 0 saturated carbocycles. The molecule has 5 rings (SSSR count). The van der Waals surface area contributed by atoms with Gasteiger partial charge in [-0.05, 0) is 24.3 Å². The van der Waals surface area contributed by atoms with E-state index in [2.05, 4.69) is 52.0 Å². The number of esters is 1. The van der Waals surface area contributed by atoms with Crippen molar-refractivity contribution in [2.45, 2.75) is 5.60 Å². The van der Waals surface area contributed by atoms with Crippen molar-refractivity contribution >= 4 is 28.4 Å². The second-order valence-electron chi connectivity index (χ2n) is 8.11. The number of carbonyl (C=O) groups is 1. The van der Waals surface area contributed by atoms with Gasteiger partial charge in [-0.15, -0.1) is 0 Å². The molecule has 32 heavy (non-hydrogen) atoms. The van der Waals surface area contributed by atoms with Crippen molar-refractivity contribution in [3.05, 3.63) is 95.1 Å². The van der Waals surface area contributed by atoms with E-state index in [0.717, 1.165) is 39.1 Å². The monoisotopic (exact) mass is 426 g/mol. The number of para-hydroxylation sites is 1. The third-order valence-electron chi connectivity index (χ3n) is 6.25. The molecule has 0 saturated heterocycles. The van der Waals surface area contributed by atoms with Gasteiger partial charge >= 0.3 is 5.97 Å². The number of nitrogens with zero attached hydrogens (tertiary/aromatic N) is 2. The number of anilines is 2. The van der Waals surface area contributed by atoms with Gasteiger partial charge in [0.05, 0.1) is 16.6 Å². The Morgan fingerprint density at radius 1 is 0.906 bits per heavy atom. The average Bonchev–Trinajstić information content (AvgIpc) is 3.31. The highest BCUT2D eigenvalue weighted by Crippen LogP contribution is 2.52. The van der Waals surface area contributed by atoms with Gasteiger partial charge in [-0.3, -0.25) is 0 Å². The quantitative estimate of drug-likeness (QED) is 0.464. The zero-order valence-electron chi connectivity index (χ0n) is 18.6. The summed E-state index contributed by atoms with van der Waals surface area (Å²) >= 11 is 0. The number of aromatic nitrogens is 1. The summed E-state index contributed by atoms with van der Waals surface area (Å²) in [6.07, 6.45) is 0. The fraction of sp³-hybridized carbons (Fsp3) is 0.192. The number of hydrogen-bond donors (Lipinski definition) is 2. The average molecular weight is 427 g/mol. The highest BCUT2D eigenvalue weighted by Gasteiger charge is 2.51. The van der Waals surface area contributed by atoms with Crippen molar-refractivity contribution in [2.24, 2.45) is 0 Å². The van der Waals surface area contributed by atoms with Crippen LogP contribution in [0.3, 0.4) is 0 Å². The summed E-state index contributed by atoms with van der Waals surface area (Å²) in [5.74, 6) is 0.524. The number of cyclic esters (lactones) is 1. The first-order valence-corrected chi connectivity index (χ1v) is 10.6. The topological polar surface area (TPSA) is 58.5 Å². The van der Waals surface area contributed by atoms with Crippen molar-refractivity contribution in [1.82, 2.24) is 4.68 Å². The van der Waals surface area contributed by atoms with Crippen LogP contribution in [0, 0.1) is 0 Å². The maximum Gasteiger partial charge on any atom is 0.340 e. The Labute approximate surface area is 187 Å². The van der Waals surface area contributed by atoms with Crippen LogP contribution < -0.4 is 15.6 Å². The molecule has 1 atom stereocenters. The predicted octanol–water partition coefficient (Wildman–Crippen LogP) is 4.38. The molecule has 2 N–H and O–H groups in total. The molecule has 6 nitrogen and oxygen atoms in total. The third kappa shape index (κ3) is 2.62. The first-order valence-electron chi connectivity index (χ1n) is 10.6. The van der Waals surface area contributed by atoms with Crippen LogP contribution in [0.4, 0.5) is 11.5 Å². The molecule has 162 valence electrons. The normalized spacial score (nSPS) is 17.2. The minimum absolute atomic E-state index is 0.319. The Kier molecular flexibility index (Phi) is 4.59. The zero-order chi connectivity index (χ0) is 22.5. The number of hydrogen-bond acceptors (Lipinski definition) is 5. The lowest BCUT2D eigenvalue weighted by Crippen LogP contribution is -2.31. The van der Waals surface area contributed by atoms with Crippen molar-refractivity contribution in [3.63, 3.8) is 0 Å². The minimum atomic E-state index is -1.08. The largest absolute Gasteiger partial charge is 0.440 e. The summed E-state index contributed by atoms with van der Waals surface area (Å²) in [6, 6.07) is 24.0. The van der Waals surface area contributed by atoms with Crippen LogP contribution in [-0.4, -0.2) is 38.8 Å². The number of ether oxygens (including phenoxy) is 1. The Hall–Kier alpha value is -3.93. The Morgan fingerprint density at radius 2 is 1.59 bits per heavy atom.